The molecule has 0 unspecified atom stereocenters. The number of carbonyl (C=O) groups is 2. The Balaban J connectivity index is 1.16. The van der Waals surface area contributed by atoms with Gasteiger partial charge in [0.1, 0.15) is 23.9 Å². The van der Waals surface area contributed by atoms with Gasteiger partial charge in [-0.3, -0.25) is 9.59 Å². The SMILES string of the molecule is O=C(Cc1ccccc1)c1cc2c(s1)-c1ccccc1N(C(=O)c1cccc(N3CCOc4ccccc4C3)n1)CC2. The molecule has 7 heteroatoms. The Morgan fingerprint density at radius 1 is 0.833 bits per heavy atom. The Morgan fingerprint density at radius 3 is 2.55 bits per heavy atom. The maximum absolute atomic E-state index is 14.0. The Kier molecular flexibility index (Phi) is 7.01. The number of amides is 1. The molecule has 2 aromatic heterocycles. The maximum atomic E-state index is 14.0. The molecule has 7 rings (SSSR count). The van der Waals surface area contributed by atoms with Gasteiger partial charge < -0.3 is 14.5 Å². The van der Waals surface area contributed by atoms with Crippen LogP contribution >= 0.6 is 11.3 Å². The van der Waals surface area contributed by atoms with Crippen LogP contribution in [-0.4, -0.2) is 36.4 Å². The molecule has 0 atom stereocenters. The van der Waals surface area contributed by atoms with Crippen LogP contribution < -0.4 is 14.5 Å². The molecule has 4 heterocycles. The summed E-state index contributed by atoms with van der Waals surface area (Å²) in [6.07, 6.45) is 1.04. The maximum Gasteiger partial charge on any atom is 0.276 e. The second-order valence-corrected chi connectivity index (χ2v) is 11.6. The van der Waals surface area contributed by atoms with Gasteiger partial charge in [0, 0.05) is 35.5 Å². The van der Waals surface area contributed by atoms with Crippen LogP contribution in [0, 0.1) is 0 Å². The Labute approximate surface area is 248 Å². The summed E-state index contributed by atoms with van der Waals surface area (Å²) in [6.45, 7) is 2.40. The highest BCUT2D eigenvalue weighted by atomic mass is 32.1. The van der Waals surface area contributed by atoms with Gasteiger partial charge >= 0.3 is 0 Å². The van der Waals surface area contributed by atoms with E-state index >= 15 is 0 Å². The van der Waals surface area contributed by atoms with Crippen molar-refractivity contribution in [3.63, 3.8) is 0 Å². The molecule has 2 aliphatic heterocycles. The highest BCUT2D eigenvalue weighted by Crippen LogP contribution is 2.42. The average molecular weight is 572 g/mol. The van der Waals surface area contributed by atoms with Crippen LogP contribution in [0.5, 0.6) is 5.75 Å². The first-order chi connectivity index (χ1) is 20.6. The van der Waals surface area contributed by atoms with E-state index in [-0.39, 0.29) is 11.7 Å². The number of nitrogens with zero attached hydrogens (tertiary/aromatic N) is 3. The number of aromatic nitrogens is 1. The average Bonchev–Trinajstić information content (AvgIpc) is 3.25. The van der Waals surface area contributed by atoms with E-state index in [4.69, 9.17) is 9.72 Å². The lowest BCUT2D eigenvalue weighted by molar-refractivity contribution is 0.0978. The zero-order chi connectivity index (χ0) is 28.5. The fourth-order valence-corrected chi connectivity index (χ4v) is 6.87. The number of Topliss-reactive ketones (excluding diaryl/α,β-unsaturated/α-hetero) is 1. The van der Waals surface area contributed by atoms with Gasteiger partial charge in [-0.05, 0) is 47.9 Å². The van der Waals surface area contributed by atoms with Crippen molar-refractivity contribution < 1.29 is 14.3 Å². The third kappa shape index (κ3) is 5.08. The van der Waals surface area contributed by atoms with E-state index in [9.17, 15) is 9.59 Å². The summed E-state index contributed by atoms with van der Waals surface area (Å²) in [5, 5.41) is 0. The molecule has 0 saturated carbocycles. The lowest BCUT2D eigenvalue weighted by atomic mass is 10.1. The lowest BCUT2D eigenvalue weighted by Crippen LogP contribution is -2.34. The first-order valence-corrected chi connectivity index (χ1v) is 15.0. The van der Waals surface area contributed by atoms with Gasteiger partial charge in [-0.2, -0.15) is 0 Å². The van der Waals surface area contributed by atoms with Crippen LogP contribution in [-0.2, 0) is 19.4 Å². The first-order valence-electron chi connectivity index (χ1n) is 14.2. The summed E-state index contributed by atoms with van der Waals surface area (Å²) in [6, 6.07) is 33.5. The molecule has 0 fully saturated rings. The minimum atomic E-state index is -0.133. The van der Waals surface area contributed by atoms with E-state index in [2.05, 4.69) is 11.0 Å². The van der Waals surface area contributed by atoms with Crippen molar-refractivity contribution in [2.24, 2.45) is 0 Å². The summed E-state index contributed by atoms with van der Waals surface area (Å²) >= 11 is 1.52. The van der Waals surface area contributed by atoms with Crippen molar-refractivity contribution in [2.45, 2.75) is 19.4 Å². The van der Waals surface area contributed by atoms with Crippen molar-refractivity contribution >= 4 is 34.5 Å². The molecule has 208 valence electrons. The number of thiophene rings is 1. The van der Waals surface area contributed by atoms with Gasteiger partial charge in [0.15, 0.2) is 5.78 Å². The summed E-state index contributed by atoms with van der Waals surface area (Å²) in [7, 11) is 0. The number of ether oxygens (including phenoxy) is 1. The summed E-state index contributed by atoms with van der Waals surface area (Å²) in [5.74, 6) is 1.63. The molecule has 0 aliphatic carbocycles. The van der Waals surface area contributed by atoms with Gasteiger partial charge in [0.25, 0.3) is 5.91 Å². The van der Waals surface area contributed by atoms with Crippen molar-refractivity contribution in [3.05, 3.63) is 130 Å². The number of benzene rings is 3. The number of para-hydroxylation sites is 2. The smallest absolute Gasteiger partial charge is 0.276 e. The van der Waals surface area contributed by atoms with E-state index in [0.717, 1.165) is 49.3 Å². The fourth-order valence-electron chi connectivity index (χ4n) is 5.69. The van der Waals surface area contributed by atoms with E-state index in [1.807, 2.05) is 95.9 Å². The van der Waals surface area contributed by atoms with Crippen LogP contribution in [0.4, 0.5) is 11.5 Å². The van der Waals surface area contributed by atoms with Gasteiger partial charge in [-0.1, -0.05) is 72.8 Å². The topological polar surface area (TPSA) is 62.7 Å². The minimum absolute atomic E-state index is 0.118. The number of hydrogen-bond donors (Lipinski definition) is 0. The molecule has 6 nitrogen and oxygen atoms in total. The Bertz CT molecular complexity index is 1780. The zero-order valence-electron chi connectivity index (χ0n) is 23.0. The predicted octanol–water partition coefficient (Wildman–Crippen LogP) is 6.84. The summed E-state index contributed by atoms with van der Waals surface area (Å²) in [4.78, 5) is 37.9. The molecule has 5 aromatic rings. The molecular weight excluding hydrogens is 542 g/mol. The fraction of sp³-hybridized carbons (Fsp3) is 0.171. The van der Waals surface area contributed by atoms with Crippen LogP contribution in [0.25, 0.3) is 10.4 Å². The van der Waals surface area contributed by atoms with Crippen LogP contribution in [0.15, 0.2) is 103 Å². The molecule has 0 saturated heterocycles. The van der Waals surface area contributed by atoms with E-state index in [1.165, 1.54) is 11.3 Å². The number of fused-ring (bicyclic) bond motifs is 4. The third-order valence-corrected chi connectivity index (χ3v) is 9.06. The lowest BCUT2D eigenvalue weighted by Gasteiger charge is -2.24. The highest BCUT2D eigenvalue weighted by Gasteiger charge is 2.28. The van der Waals surface area contributed by atoms with E-state index in [0.29, 0.717) is 44.8 Å². The summed E-state index contributed by atoms with van der Waals surface area (Å²) < 4.78 is 5.94. The second kappa shape index (κ2) is 11.3. The molecule has 3 aromatic carbocycles. The minimum Gasteiger partial charge on any atom is -0.491 e. The van der Waals surface area contributed by atoms with Crippen molar-refractivity contribution in [1.82, 2.24) is 4.98 Å². The molecular formula is C35H29N3O3S. The van der Waals surface area contributed by atoms with Gasteiger partial charge in [-0.25, -0.2) is 4.98 Å². The van der Waals surface area contributed by atoms with Gasteiger partial charge in [-0.15, -0.1) is 11.3 Å². The highest BCUT2D eigenvalue weighted by molar-refractivity contribution is 7.17. The number of carbonyl (C=O) groups excluding carboxylic acids is 2. The number of ketones is 1. The molecule has 0 spiro atoms. The Hall–Kier alpha value is -4.75. The summed E-state index contributed by atoms with van der Waals surface area (Å²) in [5.41, 5.74) is 5.43. The van der Waals surface area contributed by atoms with Gasteiger partial charge in [0.05, 0.1) is 17.1 Å². The molecule has 42 heavy (non-hydrogen) atoms. The molecule has 2 aliphatic rings. The molecule has 0 bridgehead atoms. The van der Waals surface area contributed by atoms with E-state index < -0.39 is 0 Å². The van der Waals surface area contributed by atoms with Crippen molar-refractivity contribution in [2.75, 3.05) is 29.5 Å². The van der Waals surface area contributed by atoms with Crippen molar-refractivity contribution in [1.29, 1.82) is 0 Å². The molecule has 0 N–H and O–H groups in total. The third-order valence-electron chi connectivity index (χ3n) is 7.81. The van der Waals surface area contributed by atoms with Crippen LogP contribution in [0.3, 0.4) is 0 Å². The molecule has 1 amide bonds. The monoisotopic (exact) mass is 571 g/mol. The normalized spacial score (nSPS) is 14.1. The number of hydrogen-bond acceptors (Lipinski definition) is 6. The largest absolute Gasteiger partial charge is 0.491 e. The second-order valence-electron chi connectivity index (χ2n) is 10.5. The van der Waals surface area contributed by atoms with E-state index in [1.54, 1.807) is 6.07 Å². The van der Waals surface area contributed by atoms with Crippen molar-refractivity contribution in [3.8, 4) is 16.2 Å². The van der Waals surface area contributed by atoms with Gasteiger partial charge in [0.2, 0.25) is 0 Å². The molecule has 0 radical (unpaired) electrons. The number of pyridine rings is 1. The Morgan fingerprint density at radius 2 is 1.64 bits per heavy atom. The first kappa shape index (κ1) is 26.2. The number of rotatable bonds is 5. The van der Waals surface area contributed by atoms with Crippen LogP contribution in [0.1, 0.15) is 36.9 Å². The standard InChI is InChI=1S/C35H29N3O3S/c39-30(21-24-9-2-1-3-10-24)32-22-25-17-18-38(29-14-6-5-12-27(29)34(25)42-32)35(40)28-13-8-16-33(36-28)37-19-20-41-31-15-7-4-11-26(31)23-37/h1-16,22H,17-21,23H2. The predicted molar refractivity (Wildman–Crippen MR) is 167 cm³/mol. The zero-order valence-corrected chi connectivity index (χ0v) is 23.8. The number of anilines is 2. The quantitative estimate of drug-likeness (QED) is 0.216. The van der Waals surface area contributed by atoms with Crippen LogP contribution in [0.2, 0.25) is 0 Å².